The molecule has 1 aromatic carbocycles. The number of nitrogens with one attached hydrogen (secondary N) is 1. The maximum Gasteiger partial charge on any atom is 0.252 e. The fourth-order valence-corrected chi connectivity index (χ4v) is 3.01. The molecule has 112 valence electrons. The third kappa shape index (κ3) is 4.01. The van der Waals surface area contributed by atoms with Crippen molar-refractivity contribution in [1.82, 2.24) is 14.9 Å². The van der Waals surface area contributed by atoms with Crippen LogP contribution in [0.25, 0.3) is 0 Å². The molecule has 0 unspecified atom stereocenters. The lowest BCUT2D eigenvalue weighted by Gasteiger charge is -2.15. The van der Waals surface area contributed by atoms with E-state index in [9.17, 15) is 9.00 Å². The molecule has 0 saturated carbocycles. The number of amides is 1. The number of aromatic nitrogens is 2. The maximum absolute atomic E-state index is 12.4. The molecule has 0 radical (unpaired) electrons. The highest BCUT2D eigenvalue weighted by Gasteiger charge is 2.16. The number of carbonyl (C=O) groups is 1. The third-order valence-electron chi connectivity index (χ3n) is 3.06. The lowest BCUT2D eigenvalue weighted by Crippen LogP contribution is -2.36. The van der Waals surface area contributed by atoms with Gasteiger partial charge in [0.05, 0.1) is 27.6 Å². The predicted molar refractivity (Wildman–Crippen MR) is 82.5 cm³/mol. The topological polar surface area (TPSA) is 64.0 Å². The predicted octanol–water partition coefficient (Wildman–Crippen LogP) is 1.83. The number of hydrogen-bond acceptors (Lipinski definition) is 3. The largest absolute Gasteiger partial charge is 0.348 e. The van der Waals surface area contributed by atoms with E-state index in [-0.39, 0.29) is 11.9 Å². The number of rotatable bonds is 6. The van der Waals surface area contributed by atoms with Crippen molar-refractivity contribution in [1.29, 1.82) is 0 Å². The van der Waals surface area contributed by atoms with Gasteiger partial charge in [-0.3, -0.25) is 9.00 Å². The molecular formula is C15H19N3O2S. The van der Waals surface area contributed by atoms with Crippen molar-refractivity contribution < 1.29 is 9.00 Å². The molecule has 1 N–H and O–H groups in total. The highest BCUT2D eigenvalue weighted by molar-refractivity contribution is 7.85. The highest BCUT2D eigenvalue weighted by atomic mass is 32.2. The number of benzene rings is 1. The van der Waals surface area contributed by atoms with Crippen molar-refractivity contribution in [3.05, 3.63) is 48.5 Å². The molecule has 5 nitrogen and oxygen atoms in total. The molecule has 2 aromatic rings. The average molecular weight is 305 g/mol. The standard InChI is InChI=1S/C15H19N3O2S/c1-3-21(20)14-7-5-4-6-13(14)15(19)17-12(2)10-18-9-8-16-11-18/h4-9,11-12H,3,10H2,1-2H3,(H,17,19)/t12-,21+/m1/s1. The molecule has 0 spiro atoms. The van der Waals surface area contributed by atoms with Gasteiger partial charge in [-0.25, -0.2) is 4.98 Å². The zero-order valence-corrected chi connectivity index (χ0v) is 13.0. The van der Waals surface area contributed by atoms with Crippen LogP contribution in [0.5, 0.6) is 0 Å². The molecule has 21 heavy (non-hydrogen) atoms. The summed E-state index contributed by atoms with van der Waals surface area (Å²) in [6, 6.07) is 6.99. The molecule has 1 amide bonds. The van der Waals surface area contributed by atoms with E-state index in [2.05, 4.69) is 10.3 Å². The quantitative estimate of drug-likeness (QED) is 0.885. The zero-order valence-electron chi connectivity index (χ0n) is 12.2. The van der Waals surface area contributed by atoms with Gasteiger partial charge in [0, 0.05) is 30.7 Å². The molecule has 6 heteroatoms. The number of carbonyl (C=O) groups excluding carboxylic acids is 1. The number of hydrogen-bond donors (Lipinski definition) is 1. The van der Waals surface area contributed by atoms with E-state index in [1.807, 2.05) is 24.6 Å². The monoisotopic (exact) mass is 305 g/mol. The first-order valence-corrected chi connectivity index (χ1v) is 8.17. The van der Waals surface area contributed by atoms with Crippen molar-refractivity contribution >= 4 is 16.7 Å². The second kappa shape index (κ2) is 7.17. The Balaban J connectivity index is 2.08. The minimum absolute atomic E-state index is 0.0465. The molecule has 0 aliphatic heterocycles. The summed E-state index contributed by atoms with van der Waals surface area (Å²) in [6.07, 6.45) is 5.26. The second-order valence-electron chi connectivity index (χ2n) is 4.76. The average Bonchev–Trinajstić information content (AvgIpc) is 2.99. The molecule has 0 aliphatic carbocycles. The van der Waals surface area contributed by atoms with E-state index in [4.69, 9.17) is 0 Å². The van der Waals surface area contributed by atoms with E-state index >= 15 is 0 Å². The lowest BCUT2D eigenvalue weighted by molar-refractivity contribution is 0.0933. The van der Waals surface area contributed by atoms with Gasteiger partial charge in [0.15, 0.2) is 0 Å². The summed E-state index contributed by atoms with van der Waals surface area (Å²) in [5.74, 6) is 0.300. The molecular weight excluding hydrogens is 286 g/mol. The van der Waals surface area contributed by atoms with Crippen molar-refractivity contribution in [2.45, 2.75) is 31.3 Å². The van der Waals surface area contributed by atoms with Crippen LogP contribution in [0.3, 0.4) is 0 Å². The Kier molecular flexibility index (Phi) is 5.27. The normalized spacial score (nSPS) is 13.6. The smallest absolute Gasteiger partial charge is 0.252 e. The van der Waals surface area contributed by atoms with Crippen molar-refractivity contribution in [3.63, 3.8) is 0 Å². The Hall–Kier alpha value is -1.95. The van der Waals surface area contributed by atoms with Gasteiger partial charge in [-0.2, -0.15) is 0 Å². The molecule has 0 bridgehead atoms. The Labute approximate surface area is 126 Å². The first-order valence-electron chi connectivity index (χ1n) is 6.85. The van der Waals surface area contributed by atoms with Gasteiger partial charge in [0.1, 0.15) is 0 Å². The number of imidazole rings is 1. The molecule has 0 fully saturated rings. The van der Waals surface area contributed by atoms with E-state index in [0.29, 0.717) is 22.8 Å². The Morgan fingerprint density at radius 2 is 2.19 bits per heavy atom. The van der Waals surface area contributed by atoms with Crippen LogP contribution in [0.15, 0.2) is 47.9 Å². The maximum atomic E-state index is 12.4. The minimum Gasteiger partial charge on any atom is -0.348 e. The van der Waals surface area contributed by atoms with Gasteiger partial charge in [-0.15, -0.1) is 0 Å². The first kappa shape index (κ1) is 15.4. The lowest BCUT2D eigenvalue weighted by atomic mass is 10.2. The van der Waals surface area contributed by atoms with Crippen LogP contribution in [0.1, 0.15) is 24.2 Å². The number of nitrogens with zero attached hydrogens (tertiary/aromatic N) is 2. The van der Waals surface area contributed by atoms with Gasteiger partial charge >= 0.3 is 0 Å². The van der Waals surface area contributed by atoms with Gasteiger partial charge < -0.3 is 9.88 Å². The van der Waals surface area contributed by atoms with Crippen LogP contribution in [-0.2, 0) is 17.3 Å². The fraction of sp³-hybridized carbons (Fsp3) is 0.333. The van der Waals surface area contributed by atoms with Crippen LogP contribution in [0.2, 0.25) is 0 Å². The van der Waals surface area contributed by atoms with Crippen LogP contribution in [-0.4, -0.2) is 31.5 Å². The van der Waals surface area contributed by atoms with Crippen LogP contribution < -0.4 is 5.32 Å². The van der Waals surface area contributed by atoms with Crippen molar-refractivity contribution in [2.24, 2.45) is 0 Å². The van der Waals surface area contributed by atoms with E-state index in [0.717, 1.165) is 0 Å². The highest BCUT2D eigenvalue weighted by Crippen LogP contribution is 2.14. The molecule has 1 heterocycles. The molecule has 0 saturated heterocycles. The third-order valence-corrected chi connectivity index (χ3v) is 4.43. The Morgan fingerprint density at radius 1 is 1.43 bits per heavy atom. The van der Waals surface area contributed by atoms with Gasteiger partial charge in [0.2, 0.25) is 0 Å². The van der Waals surface area contributed by atoms with Crippen LogP contribution in [0, 0.1) is 0 Å². The summed E-state index contributed by atoms with van der Waals surface area (Å²) in [5.41, 5.74) is 0.482. The SMILES string of the molecule is CC[S@](=O)c1ccccc1C(=O)N[C@H](C)Cn1ccnc1. The van der Waals surface area contributed by atoms with Gasteiger partial charge in [-0.1, -0.05) is 19.1 Å². The minimum atomic E-state index is -1.14. The summed E-state index contributed by atoms with van der Waals surface area (Å²) in [6.45, 7) is 4.41. The Morgan fingerprint density at radius 3 is 2.86 bits per heavy atom. The van der Waals surface area contributed by atoms with E-state index < -0.39 is 10.8 Å². The molecule has 2 atom stereocenters. The molecule has 1 aromatic heterocycles. The second-order valence-corrected chi connectivity index (χ2v) is 6.47. The fourth-order valence-electron chi connectivity index (χ4n) is 2.07. The zero-order chi connectivity index (χ0) is 15.2. The van der Waals surface area contributed by atoms with E-state index in [1.165, 1.54) is 0 Å². The van der Waals surface area contributed by atoms with Crippen LogP contribution in [0.4, 0.5) is 0 Å². The van der Waals surface area contributed by atoms with Crippen LogP contribution >= 0.6 is 0 Å². The Bertz CT molecular complexity index is 626. The molecule has 0 aliphatic rings. The van der Waals surface area contributed by atoms with Crippen molar-refractivity contribution in [3.8, 4) is 0 Å². The summed E-state index contributed by atoms with van der Waals surface area (Å²) in [4.78, 5) is 16.9. The van der Waals surface area contributed by atoms with Crippen molar-refractivity contribution in [2.75, 3.05) is 5.75 Å². The van der Waals surface area contributed by atoms with Gasteiger partial charge in [0.25, 0.3) is 5.91 Å². The molecule has 2 rings (SSSR count). The first-order chi connectivity index (χ1) is 10.1. The summed E-state index contributed by atoms with van der Waals surface area (Å²) < 4.78 is 13.9. The van der Waals surface area contributed by atoms with E-state index in [1.54, 1.807) is 36.8 Å². The summed E-state index contributed by atoms with van der Waals surface area (Å²) in [7, 11) is -1.14. The summed E-state index contributed by atoms with van der Waals surface area (Å²) in [5, 5.41) is 2.93. The summed E-state index contributed by atoms with van der Waals surface area (Å²) >= 11 is 0. The van der Waals surface area contributed by atoms with Gasteiger partial charge in [-0.05, 0) is 19.1 Å².